The number of hydrogen-bond donors (Lipinski definition) is 2. The number of nitrogens with one attached hydrogen (secondary N) is 1. The fourth-order valence-electron chi connectivity index (χ4n) is 0.612. The van der Waals surface area contributed by atoms with Crippen LogP contribution in [0.3, 0.4) is 0 Å². The molecule has 0 aromatic rings. The van der Waals surface area contributed by atoms with Crippen LogP contribution in [0.25, 0.3) is 0 Å². The van der Waals surface area contributed by atoms with Crippen LogP contribution < -0.4 is 11.1 Å². The van der Waals surface area contributed by atoms with Gasteiger partial charge in [-0.15, -0.1) is 0 Å². The molecule has 4 nitrogen and oxygen atoms in total. The van der Waals surface area contributed by atoms with E-state index in [0.717, 1.165) is 0 Å². The molecule has 0 rings (SSSR count). The van der Waals surface area contributed by atoms with Crippen LogP contribution in [0.4, 0.5) is 0 Å². The van der Waals surface area contributed by atoms with Crippen LogP contribution in [0.1, 0.15) is 13.3 Å². The van der Waals surface area contributed by atoms with E-state index < -0.39 is 17.9 Å². The Balaban J connectivity index is 4.09. The van der Waals surface area contributed by atoms with Crippen molar-refractivity contribution < 1.29 is 9.59 Å². The van der Waals surface area contributed by atoms with Gasteiger partial charge in [0, 0.05) is 21.9 Å². The average Bonchev–Trinajstić information content (AvgIpc) is 2.00. The summed E-state index contributed by atoms with van der Waals surface area (Å²) in [5.41, 5.74) is 4.98. The molecule has 0 aromatic carbocycles. The van der Waals surface area contributed by atoms with Crippen LogP contribution in [0.15, 0.2) is 0 Å². The highest BCUT2D eigenvalue weighted by Gasteiger charge is 2.13. The highest BCUT2D eigenvalue weighted by molar-refractivity contribution is 9.12. The molecule has 1 atom stereocenters. The largest absolute Gasteiger partial charge is 0.368 e. The van der Waals surface area contributed by atoms with Gasteiger partial charge in [0.1, 0.15) is 6.04 Å². The molecule has 0 saturated heterocycles. The van der Waals surface area contributed by atoms with E-state index in [1.165, 1.54) is 0 Å². The van der Waals surface area contributed by atoms with E-state index in [4.69, 9.17) is 5.73 Å². The van der Waals surface area contributed by atoms with Crippen molar-refractivity contribution in [2.75, 3.05) is 0 Å². The fraction of sp³-hybridized carbons (Fsp3) is 0.429. The number of amides is 2. The van der Waals surface area contributed by atoms with Crippen molar-refractivity contribution in [2.24, 2.45) is 5.73 Å². The van der Waals surface area contributed by atoms with Crippen LogP contribution in [-0.2, 0) is 9.59 Å². The molecule has 12 heavy (non-hydrogen) atoms. The normalized spacial score (nSPS) is 10.8. The number of nitrogens with two attached hydrogens (primary N) is 1. The molecule has 1 unspecified atom stereocenters. The van der Waals surface area contributed by atoms with Gasteiger partial charge in [0.2, 0.25) is 5.91 Å². The van der Waals surface area contributed by atoms with Gasteiger partial charge in [-0.2, -0.15) is 0 Å². The molecule has 0 aliphatic rings. The van der Waals surface area contributed by atoms with Crippen LogP contribution in [0.2, 0.25) is 0 Å². The molecule has 3 N–H and O–H groups in total. The molecule has 0 heterocycles. The van der Waals surface area contributed by atoms with Crippen molar-refractivity contribution >= 4 is 27.7 Å². The molecule has 0 fully saturated rings. The van der Waals surface area contributed by atoms with Gasteiger partial charge >= 0.3 is 0 Å². The number of hydrogen-bond acceptors (Lipinski definition) is 2. The molecule has 0 spiro atoms. The van der Waals surface area contributed by atoms with Gasteiger partial charge in [-0.3, -0.25) is 9.59 Å². The Bertz CT molecular complexity index is 242. The van der Waals surface area contributed by atoms with E-state index in [2.05, 4.69) is 32.0 Å². The minimum absolute atomic E-state index is 0.463. The number of primary amides is 1. The molecule has 0 aliphatic heterocycles. The molecule has 0 bridgehead atoms. The lowest BCUT2D eigenvalue weighted by Crippen LogP contribution is -2.43. The monoisotopic (exact) mass is 232 g/mol. The van der Waals surface area contributed by atoms with Gasteiger partial charge in [0.15, 0.2) is 0 Å². The van der Waals surface area contributed by atoms with Gasteiger partial charge in [0.05, 0.1) is 0 Å². The third kappa shape index (κ3) is 3.98. The Morgan fingerprint density at radius 3 is 2.58 bits per heavy atom. The minimum atomic E-state index is -0.633. The van der Waals surface area contributed by atoms with Gasteiger partial charge in [-0.1, -0.05) is 6.92 Å². The highest BCUT2D eigenvalue weighted by Crippen LogP contribution is 1.88. The lowest BCUT2D eigenvalue weighted by molar-refractivity contribution is -0.124. The first-order valence-electron chi connectivity index (χ1n) is 3.33. The SMILES string of the molecule is CCC(NC(=O)C#CBr)C(N)=O. The molecule has 0 saturated carbocycles. The zero-order valence-electron chi connectivity index (χ0n) is 6.56. The Morgan fingerprint density at radius 2 is 2.25 bits per heavy atom. The average molecular weight is 233 g/mol. The summed E-state index contributed by atoms with van der Waals surface area (Å²) in [4.78, 5) is 23.6. The first-order chi connectivity index (χ1) is 5.61. The van der Waals surface area contributed by atoms with Gasteiger partial charge in [0.25, 0.3) is 5.91 Å². The van der Waals surface area contributed by atoms with Crippen molar-refractivity contribution in [1.29, 1.82) is 0 Å². The lowest BCUT2D eigenvalue weighted by Gasteiger charge is -2.09. The van der Waals surface area contributed by atoms with E-state index in [9.17, 15) is 9.59 Å². The predicted molar refractivity (Wildman–Crippen MR) is 48.1 cm³/mol. The molecule has 66 valence electrons. The Kier molecular flexibility index (Phi) is 5.13. The summed E-state index contributed by atoms with van der Waals surface area (Å²) in [5.74, 6) is 1.10. The van der Waals surface area contributed by atoms with E-state index in [-0.39, 0.29) is 0 Å². The minimum Gasteiger partial charge on any atom is -0.368 e. The van der Waals surface area contributed by atoms with E-state index in [1.54, 1.807) is 6.92 Å². The van der Waals surface area contributed by atoms with Crippen LogP contribution in [0, 0.1) is 10.8 Å². The summed E-state index contributed by atoms with van der Waals surface area (Å²) in [6.45, 7) is 1.75. The summed E-state index contributed by atoms with van der Waals surface area (Å²) in [6.07, 6.45) is 0.463. The third-order valence-corrected chi connectivity index (χ3v) is 1.42. The first-order valence-corrected chi connectivity index (χ1v) is 4.12. The zero-order valence-corrected chi connectivity index (χ0v) is 8.14. The highest BCUT2D eigenvalue weighted by atomic mass is 79.9. The van der Waals surface area contributed by atoms with Crippen molar-refractivity contribution in [3.05, 3.63) is 0 Å². The molecule has 0 aromatic heterocycles. The Labute approximate surface area is 79.0 Å². The first kappa shape index (κ1) is 11.0. The maximum atomic E-state index is 10.8. The third-order valence-electron chi connectivity index (χ3n) is 1.22. The van der Waals surface area contributed by atoms with E-state index in [0.29, 0.717) is 6.42 Å². The maximum Gasteiger partial charge on any atom is 0.297 e. The molecule has 2 amide bonds. The van der Waals surface area contributed by atoms with Crippen molar-refractivity contribution in [3.63, 3.8) is 0 Å². The fourth-order valence-corrected chi connectivity index (χ4v) is 0.792. The summed E-state index contributed by atoms with van der Waals surface area (Å²) in [6, 6.07) is -0.633. The number of rotatable bonds is 3. The number of carbonyl (C=O) groups is 2. The van der Waals surface area contributed by atoms with Crippen molar-refractivity contribution in [3.8, 4) is 10.8 Å². The topological polar surface area (TPSA) is 72.2 Å². The smallest absolute Gasteiger partial charge is 0.297 e. The zero-order chi connectivity index (χ0) is 9.56. The second-order valence-corrected chi connectivity index (χ2v) is 2.45. The molecular weight excluding hydrogens is 224 g/mol. The second-order valence-electron chi connectivity index (χ2n) is 2.06. The number of carbonyl (C=O) groups excluding carboxylic acids is 2. The summed E-state index contributed by atoms with van der Waals surface area (Å²) >= 11 is 2.76. The van der Waals surface area contributed by atoms with E-state index >= 15 is 0 Å². The van der Waals surface area contributed by atoms with Crippen LogP contribution in [0.5, 0.6) is 0 Å². The van der Waals surface area contributed by atoms with Crippen molar-refractivity contribution in [1.82, 2.24) is 5.32 Å². The molecule has 0 radical (unpaired) electrons. The predicted octanol–water partition coefficient (Wildman–Crippen LogP) is -0.278. The quantitative estimate of drug-likeness (QED) is 0.658. The second kappa shape index (κ2) is 5.61. The lowest BCUT2D eigenvalue weighted by atomic mass is 10.2. The van der Waals surface area contributed by atoms with Gasteiger partial charge < -0.3 is 11.1 Å². The molecule has 0 aliphatic carbocycles. The van der Waals surface area contributed by atoms with E-state index in [1.807, 2.05) is 0 Å². The summed E-state index contributed by atoms with van der Waals surface area (Å²) in [5, 5.41) is 2.35. The standard InChI is InChI=1S/C7H9BrN2O2/c1-2-5(7(9)12)10-6(11)3-4-8/h5H,2H2,1H3,(H2,9,12)(H,10,11). The number of halogens is 1. The summed E-state index contributed by atoms with van der Waals surface area (Å²) in [7, 11) is 0. The van der Waals surface area contributed by atoms with Crippen LogP contribution in [-0.4, -0.2) is 17.9 Å². The van der Waals surface area contributed by atoms with Gasteiger partial charge in [-0.25, -0.2) is 0 Å². The molecule has 5 heteroatoms. The summed E-state index contributed by atoms with van der Waals surface area (Å²) < 4.78 is 0. The van der Waals surface area contributed by atoms with Gasteiger partial charge in [-0.05, 0) is 11.3 Å². The maximum absolute atomic E-state index is 10.8. The molecular formula is C7H9BrN2O2. The Morgan fingerprint density at radius 1 is 1.67 bits per heavy atom. The van der Waals surface area contributed by atoms with Crippen molar-refractivity contribution in [2.45, 2.75) is 19.4 Å². The van der Waals surface area contributed by atoms with Crippen LogP contribution >= 0.6 is 15.9 Å². The Hall–Kier alpha value is -1.02.